The Hall–Kier alpha value is -2.02. The summed E-state index contributed by atoms with van der Waals surface area (Å²) >= 11 is 0. The van der Waals surface area contributed by atoms with Crippen molar-refractivity contribution in [1.29, 1.82) is 0 Å². The van der Waals surface area contributed by atoms with Crippen molar-refractivity contribution in [2.24, 2.45) is 0 Å². The summed E-state index contributed by atoms with van der Waals surface area (Å²) in [5.41, 5.74) is -0.107. The molecule has 2 aromatic heterocycles. The third-order valence-electron chi connectivity index (χ3n) is 2.97. The summed E-state index contributed by atoms with van der Waals surface area (Å²) in [6.07, 6.45) is -2.14. The van der Waals surface area contributed by atoms with Crippen LogP contribution < -0.4 is 5.32 Å². The van der Waals surface area contributed by atoms with Gasteiger partial charge in [0.1, 0.15) is 5.82 Å². The standard InChI is InChI=1S/C14H13F4N3/c1-9(20-8-13-11(15)3-2-6-19-13)12-5-4-10(7-21-12)14(16,17)18/h2-7,9,20H,8H2,1H3. The molecule has 0 radical (unpaired) electrons. The van der Waals surface area contributed by atoms with E-state index in [4.69, 9.17) is 0 Å². The van der Waals surface area contributed by atoms with Crippen LogP contribution in [0.2, 0.25) is 0 Å². The van der Waals surface area contributed by atoms with E-state index in [-0.39, 0.29) is 18.3 Å². The summed E-state index contributed by atoms with van der Waals surface area (Å²) in [6.45, 7) is 1.90. The molecule has 0 amide bonds. The van der Waals surface area contributed by atoms with E-state index in [0.717, 1.165) is 12.3 Å². The first kappa shape index (κ1) is 15.4. The van der Waals surface area contributed by atoms with Gasteiger partial charge in [-0.25, -0.2) is 4.39 Å². The van der Waals surface area contributed by atoms with E-state index < -0.39 is 17.6 Å². The van der Waals surface area contributed by atoms with Gasteiger partial charge in [-0.1, -0.05) is 0 Å². The van der Waals surface area contributed by atoms with Gasteiger partial charge in [-0.05, 0) is 31.2 Å². The molecule has 0 aliphatic heterocycles. The maximum Gasteiger partial charge on any atom is 0.417 e. The summed E-state index contributed by atoms with van der Waals surface area (Å²) < 4.78 is 50.7. The molecule has 0 saturated carbocycles. The average Bonchev–Trinajstić information content (AvgIpc) is 2.45. The van der Waals surface area contributed by atoms with Crippen molar-refractivity contribution in [2.45, 2.75) is 25.7 Å². The molecule has 0 aliphatic carbocycles. The molecule has 0 bridgehead atoms. The molecule has 3 nitrogen and oxygen atoms in total. The summed E-state index contributed by atoms with van der Waals surface area (Å²) in [4.78, 5) is 7.67. The van der Waals surface area contributed by atoms with Crippen LogP contribution in [0.15, 0.2) is 36.7 Å². The van der Waals surface area contributed by atoms with Crippen LogP contribution in [-0.2, 0) is 12.7 Å². The van der Waals surface area contributed by atoms with Crippen molar-refractivity contribution in [1.82, 2.24) is 15.3 Å². The van der Waals surface area contributed by atoms with Crippen molar-refractivity contribution < 1.29 is 17.6 Å². The molecule has 0 aliphatic rings. The quantitative estimate of drug-likeness (QED) is 0.878. The molecule has 112 valence electrons. The van der Waals surface area contributed by atoms with Gasteiger partial charge in [-0.15, -0.1) is 0 Å². The Labute approximate surface area is 119 Å². The Morgan fingerprint density at radius 2 is 1.95 bits per heavy atom. The second-order valence-corrected chi connectivity index (χ2v) is 4.50. The zero-order chi connectivity index (χ0) is 15.5. The second kappa shape index (κ2) is 6.17. The minimum atomic E-state index is -4.40. The number of halogens is 4. The fraction of sp³-hybridized carbons (Fsp3) is 0.286. The highest BCUT2D eigenvalue weighted by atomic mass is 19.4. The van der Waals surface area contributed by atoms with Gasteiger partial charge in [0.15, 0.2) is 0 Å². The van der Waals surface area contributed by atoms with Crippen molar-refractivity contribution >= 4 is 0 Å². The molecule has 0 saturated heterocycles. The number of pyridine rings is 2. The molecule has 0 aromatic carbocycles. The van der Waals surface area contributed by atoms with Crippen LogP contribution in [0, 0.1) is 5.82 Å². The molecule has 1 atom stereocenters. The van der Waals surface area contributed by atoms with E-state index in [1.165, 1.54) is 24.4 Å². The minimum Gasteiger partial charge on any atom is -0.303 e. The first-order valence-corrected chi connectivity index (χ1v) is 6.24. The molecular formula is C14H13F4N3. The maximum atomic E-state index is 13.4. The number of hydrogen-bond donors (Lipinski definition) is 1. The molecule has 2 rings (SSSR count). The Morgan fingerprint density at radius 3 is 2.52 bits per heavy atom. The van der Waals surface area contributed by atoms with Gasteiger partial charge in [-0.2, -0.15) is 13.2 Å². The minimum absolute atomic E-state index is 0.163. The van der Waals surface area contributed by atoms with Gasteiger partial charge in [-0.3, -0.25) is 9.97 Å². The van der Waals surface area contributed by atoms with Crippen molar-refractivity contribution in [3.8, 4) is 0 Å². The molecule has 0 fully saturated rings. The third kappa shape index (κ3) is 3.98. The zero-order valence-corrected chi connectivity index (χ0v) is 11.2. The Kier molecular flexibility index (Phi) is 4.52. The van der Waals surface area contributed by atoms with E-state index in [1.54, 1.807) is 6.92 Å². The first-order valence-electron chi connectivity index (χ1n) is 6.24. The fourth-order valence-corrected chi connectivity index (χ4v) is 1.73. The van der Waals surface area contributed by atoms with Crippen LogP contribution in [-0.4, -0.2) is 9.97 Å². The molecule has 1 unspecified atom stereocenters. The second-order valence-electron chi connectivity index (χ2n) is 4.50. The predicted molar refractivity (Wildman–Crippen MR) is 68.7 cm³/mol. The Balaban J connectivity index is 2.01. The lowest BCUT2D eigenvalue weighted by atomic mass is 10.1. The SMILES string of the molecule is CC(NCc1ncccc1F)c1ccc(C(F)(F)F)cn1. The number of rotatable bonds is 4. The first-order chi connectivity index (χ1) is 9.88. The molecule has 2 heterocycles. The molecule has 0 spiro atoms. The Morgan fingerprint density at radius 1 is 1.19 bits per heavy atom. The lowest BCUT2D eigenvalue weighted by Gasteiger charge is -2.14. The molecule has 2 aromatic rings. The monoisotopic (exact) mass is 299 g/mol. The normalized spacial score (nSPS) is 13.2. The predicted octanol–water partition coefficient (Wildman–Crippen LogP) is 3.49. The highest BCUT2D eigenvalue weighted by Gasteiger charge is 2.30. The summed E-state index contributed by atoms with van der Waals surface area (Å²) in [6, 6.07) is 4.73. The van der Waals surface area contributed by atoms with Crippen molar-refractivity contribution in [2.75, 3.05) is 0 Å². The number of alkyl halides is 3. The van der Waals surface area contributed by atoms with E-state index >= 15 is 0 Å². The zero-order valence-electron chi connectivity index (χ0n) is 11.2. The largest absolute Gasteiger partial charge is 0.417 e. The summed E-state index contributed by atoms with van der Waals surface area (Å²) in [7, 11) is 0. The smallest absolute Gasteiger partial charge is 0.303 e. The topological polar surface area (TPSA) is 37.8 Å². The van der Waals surface area contributed by atoms with Crippen LogP contribution in [0.25, 0.3) is 0 Å². The lowest BCUT2D eigenvalue weighted by Crippen LogP contribution is -2.20. The number of aromatic nitrogens is 2. The highest BCUT2D eigenvalue weighted by Crippen LogP contribution is 2.28. The van der Waals surface area contributed by atoms with E-state index in [0.29, 0.717) is 5.69 Å². The average molecular weight is 299 g/mol. The van der Waals surface area contributed by atoms with Crippen LogP contribution in [0.1, 0.15) is 29.9 Å². The van der Waals surface area contributed by atoms with Crippen LogP contribution >= 0.6 is 0 Å². The highest BCUT2D eigenvalue weighted by molar-refractivity contribution is 5.18. The van der Waals surface area contributed by atoms with Gasteiger partial charge >= 0.3 is 6.18 Å². The van der Waals surface area contributed by atoms with Gasteiger partial charge in [0.2, 0.25) is 0 Å². The van der Waals surface area contributed by atoms with E-state index in [9.17, 15) is 17.6 Å². The third-order valence-corrected chi connectivity index (χ3v) is 2.97. The van der Waals surface area contributed by atoms with Crippen molar-refractivity contribution in [3.05, 3.63) is 59.4 Å². The van der Waals surface area contributed by atoms with Gasteiger partial charge in [0.05, 0.1) is 17.0 Å². The van der Waals surface area contributed by atoms with Gasteiger partial charge in [0.25, 0.3) is 0 Å². The number of nitrogens with one attached hydrogen (secondary N) is 1. The van der Waals surface area contributed by atoms with Crippen LogP contribution in [0.3, 0.4) is 0 Å². The maximum absolute atomic E-state index is 13.4. The Bertz CT molecular complexity index is 596. The van der Waals surface area contributed by atoms with Gasteiger partial charge in [0, 0.05) is 25.0 Å². The summed E-state index contributed by atoms with van der Waals surface area (Å²) in [5, 5.41) is 2.97. The molecule has 21 heavy (non-hydrogen) atoms. The van der Waals surface area contributed by atoms with E-state index in [2.05, 4.69) is 15.3 Å². The lowest BCUT2D eigenvalue weighted by molar-refractivity contribution is -0.137. The summed E-state index contributed by atoms with van der Waals surface area (Å²) in [5.74, 6) is -0.433. The molecule has 7 heteroatoms. The van der Waals surface area contributed by atoms with Gasteiger partial charge < -0.3 is 5.32 Å². The van der Waals surface area contributed by atoms with Crippen LogP contribution in [0.4, 0.5) is 17.6 Å². The molecule has 1 N–H and O–H groups in total. The number of hydrogen-bond acceptors (Lipinski definition) is 3. The van der Waals surface area contributed by atoms with E-state index in [1.807, 2.05) is 0 Å². The number of nitrogens with zero attached hydrogens (tertiary/aromatic N) is 2. The fourth-order valence-electron chi connectivity index (χ4n) is 1.73. The van der Waals surface area contributed by atoms with Crippen LogP contribution in [0.5, 0.6) is 0 Å². The van der Waals surface area contributed by atoms with Crippen molar-refractivity contribution in [3.63, 3.8) is 0 Å². The molecular weight excluding hydrogens is 286 g/mol.